The first-order chi connectivity index (χ1) is 8.08. The summed E-state index contributed by atoms with van der Waals surface area (Å²) in [5.74, 6) is -0.700. The number of benzene rings is 1. The molecule has 0 atom stereocenters. The van der Waals surface area contributed by atoms with Crippen molar-refractivity contribution in [3.63, 3.8) is 0 Å². The summed E-state index contributed by atoms with van der Waals surface area (Å²) in [7, 11) is 0. The fourth-order valence-corrected chi connectivity index (χ4v) is 1.73. The number of hydrogen-bond acceptors (Lipinski definition) is 3. The summed E-state index contributed by atoms with van der Waals surface area (Å²) >= 11 is 5.77. The Labute approximate surface area is 103 Å². The van der Waals surface area contributed by atoms with E-state index in [-0.39, 0.29) is 5.56 Å². The van der Waals surface area contributed by atoms with Crippen LogP contribution in [0.3, 0.4) is 0 Å². The van der Waals surface area contributed by atoms with Crippen LogP contribution in [-0.4, -0.2) is 16.2 Å². The van der Waals surface area contributed by atoms with Gasteiger partial charge in [0.2, 0.25) is 0 Å². The lowest BCUT2D eigenvalue weighted by atomic mass is 10.1. The van der Waals surface area contributed by atoms with Crippen LogP contribution in [0.4, 0.5) is 0 Å². The maximum Gasteiger partial charge on any atom is 0.341 e. The molecule has 0 amide bonds. The van der Waals surface area contributed by atoms with E-state index in [2.05, 4.69) is 5.16 Å². The Morgan fingerprint density at radius 1 is 1.41 bits per heavy atom. The average Bonchev–Trinajstić information content (AvgIpc) is 2.63. The number of aromatic nitrogens is 1. The van der Waals surface area contributed by atoms with Crippen molar-refractivity contribution in [1.29, 1.82) is 0 Å². The lowest BCUT2D eigenvalue weighted by Gasteiger charge is -1.99. The number of rotatable bonds is 3. The molecule has 1 heterocycles. The van der Waals surface area contributed by atoms with Crippen molar-refractivity contribution < 1.29 is 14.4 Å². The molecular formula is C12H10ClNO3. The van der Waals surface area contributed by atoms with Crippen molar-refractivity contribution in [2.75, 3.05) is 0 Å². The quantitative estimate of drug-likeness (QED) is 0.911. The predicted molar refractivity (Wildman–Crippen MR) is 62.5 cm³/mol. The molecule has 0 radical (unpaired) electrons. The number of nitrogens with zero attached hydrogens (tertiary/aromatic N) is 1. The standard InChI is InChI=1S/C12H10ClNO3/c1-7-11(12(15)16)10(14-17-7)6-8-2-4-9(13)5-3-8/h2-5H,6H2,1H3,(H,15,16). The average molecular weight is 252 g/mol. The van der Waals surface area contributed by atoms with Gasteiger partial charge in [-0.05, 0) is 24.6 Å². The first-order valence-electron chi connectivity index (χ1n) is 5.01. The molecular weight excluding hydrogens is 242 g/mol. The lowest BCUT2D eigenvalue weighted by Crippen LogP contribution is -2.02. The number of carboxylic acids is 1. The Bertz CT molecular complexity index is 545. The molecule has 2 rings (SSSR count). The molecule has 0 aliphatic heterocycles. The monoisotopic (exact) mass is 251 g/mol. The van der Waals surface area contributed by atoms with Crippen molar-refractivity contribution in [1.82, 2.24) is 5.16 Å². The molecule has 0 saturated carbocycles. The molecule has 0 saturated heterocycles. The highest BCUT2D eigenvalue weighted by molar-refractivity contribution is 6.30. The molecule has 0 bridgehead atoms. The summed E-state index contributed by atoms with van der Waals surface area (Å²) in [6, 6.07) is 7.17. The first-order valence-corrected chi connectivity index (χ1v) is 5.38. The maximum absolute atomic E-state index is 11.0. The molecule has 4 nitrogen and oxygen atoms in total. The molecule has 0 fully saturated rings. The maximum atomic E-state index is 11.0. The molecule has 88 valence electrons. The molecule has 0 aliphatic rings. The number of carboxylic acid groups (broad SMARTS) is 1. The van der Waals surface area contributed by atoms with Gasteiger partial charge in [-0.15, -0.1) is 0 Å². The molecule has 1 aromatic carbocycles. The lowest BCUT2D eigenvalue weighted by molar-refractivity contribution is 0.0694. The van der Waals surface area contributed by atoms with Crippen molar-refractivity contribution in [3.05, 3.63) is 51.9 Å². The van der Waals surface area contributed by atoms with E-state index in [0.717, 1.165) is 5.56 Å². The Hall–Kier alpha value is -1.81. The minimum atomic E-state index is -1.02. The zero-order valence-electron chi connectivity index (χ0n) is 9.11. The second-order valence-electron chi connectivity index (χ2n) is 3.67. The van der Waals surface area contributed by atoms with E-state index in [1.54, 1.807) is 19.1 Å². The molecule has 0 unspecified atom stereocenters. The van der Waals surface area contributed by atoms with E-state index in [1.807, 2.05) is 12.1 Å². The Kier molecular flexibility index (Phi) is 3.15. The van der Waals surface area contributed by atoms with Crippen LogP contribution in [0.1, 0.15) is 27.4 Å². The van der Waals surface area contributed by atoms with Gasteiger partial charge in [-0.3, -0.25) is 0 Å². The summed E-state index contributed by atoms with van der Waals surface area (Å²) in [6.45, 7) is 1.59. The van der Waals surface area contributed by atoms with E-state index >= 15 is 0 Å². The van der Waals surface area contributed by atoms with E-state index < -0.39 is 5.97 Å². The van der Waals surface area contributed by atoms with Gasteiger partial charge >= 0.3 is 5.97 Å². The van der Waals surface area contributed by atoms with Crippen molar-refractivity contribution >= 4 is 17.6 Å². The van der Waals surface area contributed by atoms with E-state index in [4.69, 9.17) is 21.2 Å². The molecule has 2 aromatic rings. The van der Waals surface area contributed by atoms with E-state index in [0.29, 0.717) is 22.9 Å². The normalized spacial score (nSPS) is 10.5. The highest BCUT2D eigenvalue weighted by Crippen LogP contribution is 2.18. The minimum absolute atomic E-state index is 0.139. The Morgan fingerprint density at radius 3 is 2.65 bits per heavy atom. The topological polar surface area (TPSA) is 63.3 Å². The number of aromatic carboxylic acids is 1. The number of aryl methyl sites for hydroxylation is 1. The van der Waals surface area contributed by atoms with Gasteiger partial charge < -0.3 is 9.63 Å². The first kappa shape index (κ1) is 11.7. The number of hydrogen-bond donors (Lipinski definition) is 1. The fraction of sp³-hybridized carbons (Fsp3) is 0.167. The summed E-state index contributed by atoms with van der Waals surface area (Å²) in [5.41, 5.74) is 1.50. The van der Waals surface area contributed by atoms with Gasteiger partial charge in [0.15, 0.2) is 0 Å². The number of halogens is 1. The van der Waals surface area contributed by atoms with Crippen LogP contribution >= 0.6 is 11.6 Å². The number of carbonyl (C=O) groups is 1. The molecule has 5 heteroatoms. The van der Waals surface area contributed by atoms with Crippen LogP contribution in [0, 0.1) is 6.92 Å². The fourth-order valence-electron chi connectivity index (χ4n) is 1.61. The van der Waals surface area contributed by atoms with Crippen LogP contribution in [0.25, 0.3) is 0 Å². The zero-order valence-corrected chi connectivity index (χ0v) is 9.86. The second-order valence-corrected chi connectivity index (χ2v) is 4.11. The summed E-state index contributed by atoms with van der Waals surface area (Å²) in [6.07, 6.45) is 0.413. The summed E-state index contributed by atoms with van der Waals surface area (Å²) < 4.78 is 4.90. The smallest absolute Gasteiger partial charge is 0.341 e. The van der Waals surface area contributed by atoms with Crippen molar-refractivity contribution in [2.45, 2.75) is 13.3 Å². The predicted octanol–water partition coefficient (Wildman–Crippen LogP) is 2.93. The third-order valence-electron chi connectivity index (χ3n) is 2.43. The van der Waals surface area contributed by atoms with Crippen molar-refractivity contribution in [2.24, 2.45) is 0 Å². The van der Waals surface area contributed by atoms with Crippen LogP contribution in [0.15, 0.2) is 28.8 Å². The molecule has 0 spiro atoms. The third-order valence-corrected chi connectivity index (χ3v) is 2.68. The van der Waals surface area contributed by atoms with Crippen LogP contribution in [0.2, 0.25) is 5.02 Å². The van der Waals surface area contributed by atoms with Crippen molar-refractivity contribution in [3.8, 4) is 0 Å². The van der Waals surface area contributed by atoms with Gasteiger partial charge in [0.1, 0.15) is 17.0 Å². The molecule has 0 aliphatic carbocycles. The van der Waals surface area contributed by atoms with Crippen LogP contribution in [0.5, 0.6) is 0 Å². The second kappa shape index (κ2) is 4.59. The van der Waals surface area contributed by atoms with Gasteiger partial charge in [-0.1, -0.05) is 28.9 Å². The molecule has 1 N–H and O–H groups in total. The summed E-state index contributed by atoms with van der Waals surface area (Å²) in [4.78, 5) is 11.0. The zero-order chi connectivity index (χ0) is 12.4. The van der Waals surface area contributed by atoms with Gasteiger partial charge in [0, 0.05) is 11.4 Å². The molecule has 17 heavy (non-hydrogen) atoms. The summed E-state index contributed by atoms with van der Waals surface area (Å²) in [5, 5.41) is 13.4. The third kappa shape index (κ3) is 2.47. The van der Waals surface area contributed by atoms with Crippen LogP contribution < -0.4 is 0 Å². The minimum Gasteiger partial charge on any atom is -0.477 e. The van der Waals surface area contributed by atoms with E-state index in [1.165, 1.54) is 0 Å². The van der Waals surface area contributed by atoms with Gasteiger partial charge in [-0.25, -0.2) is 4.79 Å². The van der Waals surface area contributed by atoms with Crippen LogP contribution in [-0.2, 0) is 6.42 Å². The molecule has 1 aromatic heterocycles. The highest BCUT2D eigenvalue weighted by Gasteiger charge is 2.19. The highest BCUT2D eigenvalue weighted by atomic mass is 35.5. The SMILES string of the molecule is Cc1onc(Cc2ccc(Cl)cc2)c1C(=O)O. The van der Waals surface area contributed by atoms with Gasteiger partial charge in [0.25, 0.3) is 0 Å². The Morgan fingerprint density at radius 2 is 2.06 bits per heavy atom. The largest absolute Gasteiger partial charge is 0.477 e. The Balaban J connectivity index is 2.30. The van der Waals surface area contributed by atoms with Gasteiger partial charge in [0.05, 0.1) is 0 Å². The van der Waals surface area contributed by atoms with Gasteiger partial charge in [-0.2, -0.15) is 0 Å². The van der Waals surface area contributed by atoms with E-state index in [9.17, 15) is 4.79 Å².